The van der Waals surface area contributed by atoms with Crippen molar-refractivity contribution in [3.8, 4) is 0 Å². The highest BCUT2D eigenvalue weighted by Gasteiger charge is 1.92. The smallest absolute Gasteiger partial charge is 0.0414 e. The van der Waals surface area contributed by atoms with Crippen LogP contribution < -0.4 is 20.4 Å². The standard InChI is InChI=1S/C10H18O4.C6H10O4/c11-9(12)7-5-3-1-2-4-6-8-10(13)14;7-5(8)3-1-2-4-6(9)10/h1-8H2,(H,11,12)(H,13,14);1-4H2,(H,7,8)(H,9,10)/p-4. The molecule has 0 aromatic rings. The molecule has 0 saturated heterocycles. The molecular weight excluding hydrogens is 320 g/mol. The van der Waals surface area contributed by atoms with Crippen LogP contribution in [0.2, 0.25) is 0 Å². The number of unbranched alkanes of at least 4 members (excludes halogenated alkanes) is 6. The van der Waals surface area contributed by atoms with E-state index in [0.29, 0.717) is 25.7 Å². The first-order valence-corrected chi connectivity index (χ1v) is 8.05. The molecule has 0 aromatic heterocycles. The lowest BCUT2D eigenvalue weighted by molar-refractivity contribution is -0.308. The monoisotopic (exact) mass is 344 g/mol. The summed E-state index contributed by atoms with van der Waals surface area (Å²) < 4.78 is 0. The number of carboxylic acids is 4. The van der Waals surface area contributed by atoms with Crippen molar-refractivity contribution < 1.29 is 39.6 Å². The van der Waals surface area contributed by atoms with E-state index in [4.69, 9.17) is 0 Å². The quantitative estimate of drug-likeness (QED) is 0.316. The number of carboxylic acid groups (broad SMARTS) is 4. The highest BCUT2D eigenvalue weighted by atomic mass is 16.4. The molecule has 8 nitrogen and oxygen atoms in total. The Bertz CT molecular complexity index is 342. The third-order valence-corrected chi connectivity index (χ3v) is 3.02. The molecule has 0 aromatic carbocycles. The summed E-state index contributed by atoms with van der Waals surface area (Å²) in [6.07, 6.45) is 5.76. The maximum Gasteiger partial charge on any atom is 0.0414 e. The van der Waals surface area contributed by atoms with Crippen molar-refractivity contribution in [1.29, 1.82) is 0 Å². The number of carbonyl (C=O) groups is 4. The summed E-state index contributed by atoms with van der Waals surface area (Å²) >= 11 is 0. The predicted octanol–water partition coefficient (Wildman–Crippen LogP) is -2.35. The number of rotatable bonds is 14. The van der Waals surface area contributed by atoms with Crippen LogP contribution in [0.1, 0.15) is 77.0 Å². The van der Waals surface area contributed by atoms with Crippen LogP contribution in [0.3, 0.4) is 0 Å². The van der Waals surface area contributed by atoms with Crippen LogP contribution in [0.4, 0.5) is 0 Å². The lowest BCUT2D eigenvalue weighted by atomic mass is 10.1. The van der Waals surface area contributed by atoms with Gasteiger partial charge in [0.25, 0.3) is 0 Å². The topological polar surface area (TPSA) is 161 Å². The molecule has 0 saturated carbocycles. The fraction of sp³-hybridized carbons (Fsp3) is 0.750. The molecule has 0 N–H and O–H groups in total. The first kappa shape index (κ1) is 24.1. The lowest BCUT2D eigenvalue weighted by Crippen LogP contribution is -2.23. The molecule has 0 aliphatic heterocycles. The van der Waals surface area contributed by atoms with Crippen LogP contribution in [0.15, 0.2) is 0 Å². The summed E-state index contributed by atoms with van der Waals surface area (Å²) in [4.78, 5) is 39.6. The minimum atomic E-state index is -1.14. The SMILES string of the molecule is O=C([O-])CCCCC(=O)[O-].O=C([O-])CCCCCCCCC(=O)[O-]. The van der Waals surface area contributed by atoms with Crippen molar-refractivity contribution >= 4 is 23.9 Å². The largest absolute Gasteiger partial charge is 0.550 e. The van der Waals surface area contributed by atoms with Gasteiger partial charge in [-0.2, -0.15) is 0 Å². The molecule has 0 amide bonds. The van der Waals surface area contributed by atoms with E-state index < -0.39 is 23.9 Å². The maximum atomic E-state index is 10.0. The highest BCUT2D eigenvalue weighted by Crippen LogP contribution is 2.07. The van der Waals surface area contributed by atoms with Crippen molar-refractivity contribution in [2.75, 3.05) is 0 Å². The summed E-state index contributed by atoms with van der Waals surface area (Å²) in [7, 11) is 0. The van der Waals surface area contributed by atoms with Gasteiger partial charge in [-0.25, -0.2) is 0 Å². The molecule has 0 radical (unpaired) electrons. The number of aliphatic carboxylic acids is 4. The summed E-state index contributed by atoms with van der Waals surface area (Å²) in [6.45, 7) is 0. The van der Waals surface area contributed by atoms with Crippen LogP contribution in [0, 0.1) is 0 Å². The van der Waals surface area contributed by atoms with Crippen molar-refractivity contribution in [3.05, 3.63) is 0 Å². The molecule has 0 spiro atoms. The van der Waals surface area contributed by atoms with E-state index in [-0.39, 0.29) is 25.7 Å². The molecule has 24 heavy (non-hydrogen) atoms. The fourth-order valence-electron chi connectivity index (χ4n) is 1.78. The molecule has 0 aliphatic rings. The van der Waals surface area contributed by atoms with Crippen molar-refractivity contribution in [2.24, 2.45) is 0 Å². The first-order valence-electron chi connectivity index (χ1n) is 8.05. The van der Waals surface area contributed by atoms with Crippen molar-refractivity contribution in [1.82, 2.24) is 0 Å². The second-order valence-corrected chi connectivity index (χ2v) is 5.32. The van der Waals surface area contributed by atoms with Gasteiger partial charge in [-0.15, -0.1) is 0 Å². The van der Waals surface area contributed by atoms with Gasteiger partial charge in [-0.3, -0.25) is 0 Å². The normalized spacial score (nSPS) is 9.67. The van der Waals surface area contributed by atoms with Crippen LogP contribution in [0.25, 0.3) is 0 Å². The van der Waals surface area contributed by atoms with Gasteiger partial charge in [0.1, 0.15) is 0 Å². The summed E-state index contributed by atoms with van der Waals surface area (Å²) in [5.74, 6) is -4.28. The number of hydrogen-bond donors (Lipinski definition) is 0. The molecule has 0 bridgehead atoms. The maximum absolute atomic E-state index is 10.0. The molecule has 0 fully saturated rings. The Morgan fingerprint density at radius 3 is 0.750 bits per heavy atom. The summed E-state index contributed by atoms with van der Waals surface area (Å²) in [6, 6.07) is 0. The average molecular weight is 344 g/mol. The molecular formula is C16H24O8-4. The molecule has 0 atom stereocenters. The van der Waals surface area contributed by atoms with Gasteiger partial charge >= 0.3 is 0 Å². The minimum absolute atomic E-state index is 0.0761. The Kier molecular flexibility index (Phi) is 17.3. The second-order valence-electron chi connectivity index (χ2n) is 5.32. The Balaban J connectivity index is 0. The minimum Gasteiger partial charge on any atom is -0.550 e. The molecule has 0 rings (SSSR count). The van der Waals surface area contributed by atoms with Crippen LogP contribution in [-0.2, 0) is 19.2 Å². The zero-order chi connectivity index (χ0) is 18.8. The fourth-order valence-corrected chi connectivity index (χ4v) is 1.78. The van der Waals surface area contributed by atoms with Gasteiger partial charge in [-0.1, -0.05) is 25.7 Å². The van der Waals surface area contributed by atoms with Crippen molar-refractivity contribution in [3.63, 3.8) is 0 Å². The Morgan fingerprint density at radius 2 is 0.542 bits per heavy atom. The zero-order valence-corrected chi connectivity index (χ0v) is 13.8. The van der Waals surface area contributed by atoms with E-state index in [0.717, 1.165) is 25.7 Å². The van der Waals surface area contributed by atoms with E-state index in [1.807, 2.05) is 0 Å². The van der Waals surface area contributed by atoms with Crippen LogP contribution in [0.5, 0.6) is 0 Å². The van der Waals surface area contributed by atoms with Gasteiger partial charge < -0.3 is 39.6 Å². The average Bonchev–Trinajstić information content (AvgIpc) is 2.46. The van der Waals surface area contributed by atoms with E-state index in [1.165, 1.54) is 0 Å². The third kappa shape index (κ3) is 28.1. The van der Waals surface area contributed by atoms with E-state index in [9.17, 15) is 39.6 Å². The molecule has 140 valence electrons. The highest BCUT2D eigenvalue weighted by molar-refractivity contribution is 5.65. The van der Waals surface area contributed by atoms with Gasteiger partial charge in [0.2, 0.25) is 0 Å². The van der Waals surface area contributed by atoms with Crippen LogP contribution >= 0.6 is 0 Å². The van der Waals surface area contributed by atoms with Gasteiger partial charge in [-0.05, 0) is 51.4 Å². The summed E-state index contributed by atoms with van der Waals surface area (Å²) in [5.41, 5.74) is 0. The molecule has 8 heteroatoms. The first-order chi connectivity index (χ1) is 11.3. The van der Waals surface area contributed by atoms with Gasteiger partial charge in [0.15, 0.2) is 0 Å². The van der Waals surface area contributed by atoms with E-state index >= 15 is 0 Å². The van der Waals surface area contributed by atoms with Gasteiger partial charge in [0, 0.05) is 23.9 Å². The Morgan fingerprint density at radius 1 is 0.375 bits per heavy atom. The molecule has 0 aliphatic carbocycles. The number of carbonyl (C=O) groups excluding carboxylic acids is 4. The second kappa shape index (κ2) is 17.2. The third-order valence-electron chi connectivity index (χ3n) is 3.02. The lowest BCUT2D eigenvalue weighted by Gasteiger charge is -2.03. The van der Waals surface area contributed by atoms with Crippen LogP contribution in [-0.4, -0.2) is 23.9 Å². The molecule has 0 heterocycles. The van der Waals surface area contributed by atoms with E-state index in [2.05, 4.69) is 0 Å². The Labute approximate surface area is 141 Å². The molecule has 0 unspecified atom stereocenters. The van der Waals surface area contributed by atoms with E-state index in [1.54, 1.807) is 0 Å². The number of hydrogen-bond acceptors (Lipinski definition) is 8. The van der Waals surface area contributed by atoms with Crippen molar-refractivity contribution in [2.45, 2.75) is 77.0 Å². The Hall–Kier alpha value is -2.12. The predicted molar refractivity (Wildman–Crippen MR) is 75.4 cm³/mol. The zero-order valence-electron chi connectivity index (χ0n) is 13.8. The summed E-state index contributed by atoms with van der Waals surface area (Å²) in [5, 5.41) is 39.6. The van der Waals surface area contributed by atoms with Gasteiger partial charge in [0.05, 0.1) is 0 Å².